The van der Waals surface area contributed by atoms with E-state index in [4.69, 9.17) is 32.4 Å². The highest BCUT2D eigenvalue weighted by Gasteiger charge is 2.14. The van der Waals surface area contributed by atoms with Crippen molar-refractivity contribution in [3.63, 3.8) is 0 Å². The number of aromatic nitrogens is 2. The van der Waals surface area contributed by atoms with Crippen LogP contribution in [0.3, 0.4) is 0 Å². The van der Waals surface area contributed by atoms with Crippen LogP contribution in [0.2, 0.25) is 10.0 Å². The summed E-state index contributed by atoms with van der Waals surface area (Å²) < 4.78 is 39.5. The third-order valence-corrected chi connectivity index (χ3v) is 5.07. The fourth-order valence-corrected chi connectivity index (χ4v) is 3.32. The van der Waals surface area contributed by atoms with Gasteiger partial charge in [-0.2, -0.15) is 5.10 Å². The summed E-state index contributed by atoms with van der Waals surface area (Å²) in [6.07, 6.45) is 2.97. The van der Waals surface area contributed by atoms with Gasteiger partial charge < -0.3 is 14.5 Å². The molecule has 2 heterocycles. The molecule has 2 aromatic heterocycles. The Labute approximate surface area is 191 Å². The molecule has 0 radical (unpaired) electrons. The van der Waals surface area contributed by atoms with E-state index in [0.717, 1.165) is 6.07 Å². The third-order valence-electron chi connectivity index (χ3n) is 4.42. The second-order valence-electron chi connectivity index (χ2n) is 6.71. The molecule has 10 heteroatoms. The van der Waals surface area contributed by atoms with E-state index in [1.54, 1.807) is 18.3 Å². The fraction of sp³-hybridized carbons (Fsp3) is 0.0909. The third kappa shape index (κ3) is 5.09. The average Bonchev–Trinajstić information content (AvgIpc) is 3.40. The molecule has 1 amide bonds. The minimum Gasteiger partial charge on any atom is -0.484 e. The van der Waals surface area contributed by atoms with E-state index in [0.29, 0.717) is 22.0 Å². The molecule has 0 bridgehead atoms. The number of hydrogen-bond acceptors (Lipinski definition) is 4. The van der Waals surface area contributed by atoms with Crippen LogP contribution < -0.4 is 10.1 Å². The largest absolute Gasteiger partial charge is 0.484 e. The summed E-state index contributed by atoms with van der Waals surface area (Å²) in [7, 11) is 0. The highest BCUT2D eigenvalue weighted by molar-refractivity contribution is 6.32. The van der Waals surface area contributed by atoms with Gasteiger partial charge in [-0.15, -0.1) is 0 Å². The van der Waals surface area contributed by atoms with E-state index in [-0.39, 0.29) is 29.7 Å². The first-order valence-electron chi connectivity index (χ1n) is 9.32. The molecule has 0 aliphatic carbocycles. The SMILES string of the molecule is O=C(Nc1cnn(Cc2c(F)cccc2Cl)c1)c1ccc(COc2ccc(F)cc2Cl)o1. The molecule has 0 fully saturated rings. The number of rotatable bonds is 7. The molecular weight excluding hydrogens is 463 g/mol. The van der Waals surface area contributed by atoms with Gasteiger partial charge in [0, 0.05) is 16.8 Å². The Morgan fingerprint density at radius 3 is 2.75 bits per heavy atom. The van der Waals surface area contributed by atoms with Gasteiger partial charge in [0.1, 0.15) is 29.8 Å². The fourth-order valence-electron chi connectivity index (χ4n) is 2.87. The van der Waals surface area contributed by atoms with Crippen LogP contribution in [0, 0.1) is 11.6 Å². The van der Waals surface area contributed by atoms with Gasteiger partial charge in [-0.25, -0.2) is 8.78 Å². The van der Waals surface area contributed by atoms with Crippen LogP contribution in [0.5, 0.6) is 5.75 Å². The molecule has 2 aromatic carbocycles. The van der Waals surface area contributed by atoms with Crippen LogP contribution in [0.15, 0.2) is 65.3 Å². The normalized spacial score (nSPS) is 10.9. The number of halogens is 4. The van der Waals surface area contributed by atoms with Gasteiger partial charge in [0.15, 0.2) is 5.76 Å². The van der Waals surface area contributed by atoms with E-state index in [9.17, 15) is 13.6 Å². The number of ether oxygens (including phenoxy) is 1. The maximum Gasteiger partial charge on any atom is 0.291 e. The smallest absolute Gasteiger partial charge is 0.291 e. The van der Waals surface area contributed by atoms with E-state index in [1.807, 2.05) is 0 Å². The number of benzene rings is 2. The summed E-state index contributed by atoms with van der Waals surface area (Å²) in [5.41, 5.74) is 0.696. The van der Waals surface area contributed by atoms with Crippen molar-refractivity contribution < 1.29 is 22.7 Å². The molecule has 0 spiro atoms. The van der Waals surface area contributed by atoms with Crippen molar-refractivity contribution in [3.8, 4) is 5.75 Å². The number of nitrogens with one attached hydrogen (secondary N) is 1. The lowest BCUT2D eigenvalue weighted by atomic mass is 10.2. The molecule has 0 saturated heterocycles. The van der Waals surface area contributed by atoms with E-state index >= 15 is 0 Å². The van der Waals surface area contributed by atoms with E-state index in [1.165, 1.54) is 41.2 Å². The van der Waals surface area contributed by atoms with Crippen molar-refractivity contribution in [2.24, 2.45) is 0 Å². The Hall–Kier alpha value is -3.36. The number of nitrogens with zero attached hydrogens (tertiary/aromatic N) is 2. The van der Waals surface area contributed by atoms with Crippen LogP contribution in [0.25, 0.3) is 0 Å². The van der Waals surface area contributed by atoms with Crippen LogP contribution in [0.4, 0.5) is 14.5 Å². The highest BCUT2D eigenvalue weighted by atomic mass is 35.5. The van der Waals surface area contributed by atoms with Crippen molar-refractivity contribution in [1.29, 1.82) is 0 Å². The van der Waals surface area contributed by atoms with Crippen molar-refractivity contribution in [3.05, 3.63) is 99.7 Å². The quantitative estimate of drug-likeness (QED) is 0.357. The van der Waals surface area contributed by atoms with Gasteiger partial charge in [0.2, 0.25) is 0 Å². The second-order valence-corrected chi connectivity index (χ2v) is 7.52. The Balaban J connectivity index is 1.36. The molecule has 0 aliphatic rings. The first-order chi connectivity index (χ1) is 15.4. The van der Waals surface area contributed by atoms with Gasteiger partial charge >= 0.3 is 0 Å². The Kier molecular flexibility index (Phi) is 6.43. The van der Waals surface area contributed by atoms with Crippen LogP contribution >= 0.6 is 23.2 Å². The molecule has 32 heavy (non-hydrogen) atoms. The maximum atomic E-state index is 13.9. The number of carbonyl (C=O) groups is 1. The second kappa shape index (κ2) is 9.42. The first kappa shape index (κ1) is 21.9. The molecule has 4 rings (SSSR count). The van der Waals surface area contributed by atoms with Gasteiger partial charge in [0.25, 0.3) is 5.91 Å². The number of hydrogen-bond donors (Lipinski definition) is 1. The molecule has 0 unspecified atom stereocenters. The first-order valence-corrected chi connectivity index (χ1v) is 10.1. The molecule has 0 saturated carbocycles. The molecule has 0 atom stereocenters. The zero-order valence-corrected chi connectivity index (χ0v) is 17.8. The zero-order chi connectivity index (χ0) is 22.7. The number of carbonyl (C=O) groups excluding carboxylic acids is 1. The number of anilines is 1. The lowest BCUT2D eigenvalue weighted by Crippen LogP contribution is -2.10. The predicted octanol–water partition coefficient (Wildman–Crippen LogP) is 5.94. The summed E-state index contributed by atoms with van der Waals surface area (Å²) in [4.78, 5) is 12.4. The summed E-state index contributed by atoms with van der Waals surface area (Å²) in [6.45, 7) is 0.107. The maximum absolute atomic E-state index is 13.9. The minimum absolute atomic E-state index is 0.0000357. The standard InChI is InChI=1S/C22H15Cl2F2N3O3/c23-17-2-1-3-19(26)16(17)11-29-10-14(9-27-29)28-22(30)21-7-5-15(32-21)12-31-20-6-4-13(25)8-18(20)24/h1-10H,11-12H2,(H,28,30). The molecule has 1 N–H and O–H groups in total. The molecule has 164 valence electrons. The summed E-state index contributed by atoms with van der Waals surface area (Å²) >= 11 is 12.0. The van der Waals surface area contributed by atoms with Crippen molar-refractivity contribution in [1.82, 2.24) is 9.78 Å². The van der Waals surface area contributed by atoms with Crippen LogP contribution in [-0.2, 0) is 13.2 Å². The van der Waals surface area contributed by atoms with Gasteiger partial charge in [-0.3, -0.25) is 9.48 Å². The predicted molar refractivity (Wildman–Crippen MR) is 115 cm³/mol. The molecule has 4 aromatic rings. The number of furan rings is 1. The Morgan fingerprint density at radius 1 is 1.12 bits per heavy atom. The lowest BCUT2D eigenvalue weighted by molar-refractivity contribution is 0.0992. The van der Waals surface area contributed by atoms with Gasteiger partial charge in [-0.1, -0.05) is 29.3 Å². The average molecular weight is 478 g/mol. The lowest BCUT2D eigenvalue weighted by Gasteiger charge is -2.06. The summed E-state index contributed by atoms with van der Waals surface area (Å²) in [6, 6.07) is 11.3. The molecule has 6 nitrogen and oxygen atoms in total. The Morgan fingerprint density at radius 2 is 1.97 bits per heavy atom. The van der Waals surface area contributed by atoms with Crippen LogP contribution in [-0.4, -0.2) is 15.7 Å². The Bertz CT molecular complexity index is 1250. The van der Waals surface area contributed by atoms with Crippen molar-refractivity contribution in [2.75, 3.05) is 5.32 Å². The molecule has 0 aliphatic heterocycles. The topological polar surface area (TPSA) is 69.3 Å². The summed E-state index contributed by atoms with van der Waals surface area (Å²) in [5.74, 6) is -0.693. The monoisotopic (exact) mass is 477 g/mol. The zero-order valence-electron chi connectivity index (χ0n) is 16.3. The molecular formula is C22H15Cl2F2N3O3. The summed E-state index contributed by atoms with van der Waals surface area (Å²) in [5, 5.41) is 7.18. The van der Waals surface area contributed by atoms with E-state index < -0.39 is 17.5 Å². The van der Waals surface area contributed by atoms with Gasteiger partial charge in [-0.05, 0) is 42.5 Å². The van der Waals surface area contributed by atoms with Crippen molar-refractivity contribution in [2.45, 2.75) is 13.2 Å². The van der Waals surface area contributed by atoms with Crippen molar-refractivity contribution >= 4 is 34.8 Å². The van der Waals surface area contributed by atoms with E-state index in [2.05, 4.69) is 10.4 Å². The van der Waals surface area contributed by atoms with Crippen LogP contribution in [0.1, 0.15) is 21.9 Å². The highest BCUT2D eigenvalue weighted by Crippen LogP contribution is 2.26. The number of amides is 1. The minimum atomic E-state index is -0.500. The van der Waals surface area contributed by atoms with Gasteiger partial charge in [0.05, 0.1) is 23.5 Å².